The lowest BCUT2D eigenvalue weighted by atomic mass is 10.0. The van der Waals surface area contributed by atoms with E-state index in [1.807, 2.05) is 24.3 Å². The summed E-state index contributed by atoms with van der Waals surface area (Å²) in [6.45, 7) is 0.259. The lowest BCUT2D eigenvalue weighted by Crippen LogP contribution is -2.23. The Hall–Kier alpha value is -3.29. The van der Waals surface area contributed by atoms with E-state index in [0.29, 0.717) is 17.8 Å². The van der Waals surface area contributed by atoms with Gasteiger partial charge in [-0.3, -0.25) is 0 Å². The summed E-state index contributed by atoms with van der Waals surface area (Å²) in [6.07, 6.45) is -3.33. The molecule has 0 radical (unpaired) electrons. The van der Waals surface area contributed by atoms with Gasteiger partial charge in [0, 0.05) is 13.0 Å². The number of benzene rings is 2. The van der Waals surface area contributed by atoms with Crippen LogP contribution in [0.25, 0.3) is 22.4 Å². The van der Waals surface area contributed by atoms with E-state index in [2.05, 4.69) is 15.3 Å². The number of aromatic nitrogens is 2. The first-order valence-electron chi connectivity index (χ1n) is 8.11. The van der Waals surface area contributed by atoms with Gasteiger partial charge in [0.1, 0.15) is 5.82 Å². The fraction of sp³-hybridized carbons (Fsp3) is 0.158. The average molecular weight is 375 g/mol. The zero-order chi connectivity index (χ0) is 19.4. The average Bonchev–Trinajstić information content (AvgIpc) is 3.10. The van der Waals surface area contributed by atoms with Gasteiger partial charge in [0.05, 0.1) is 17.5 Å². The number of aromatic amines is 1. The molecule has 0 saturated carbocycles. The molecule has 5 nitrogen and oxygen atoms in total. The topological polar surface area (TPSA) is 78.0 Å². The van der Waals surface area contributed by atoms with Gasteiger partial charge in [-0.15, -0.1) is 0 Å². The maximum Gasteiger partial charge on any atom is 0.416 e. The van der Waals surface area contributed by atoms with Gasteiger partial charge in [0.25, 0.3) is 0 Å². The molecule has 140 valence electrons. The first-order valence-corrected chi connectivity index (χ1v) is 8.11. The summed E-state index contributed by atoms with van der Waals surface area (Å²) in [4.78, 5) is 17.8. The Morgan fingerprint density at radius 3 is 2.11 bits per heavy atom. The molecule has 3 N–H and O–H groups in total. The zero-order valence-electron chi connectivity index (χ0n) is 14.0. The molecule has 0 fully saturated rings. The quantitative estimate of drug-likeness (QED) is 0.611. The van der Waals surface area contributed by atoms with Gasteiger partial charge in [-0.2, -0.15) is 13.2 Å². The molecule has 3 aromatic rings. The second kappa shape index (κ2) is 7.53. The van der Waals surface area contributed by atoms with E-state index in [4.69, 9.17) is 5.11 Å². The molecule has 3 rings (SSSR count). The zero-order valence-corrected chi connectivity index (χ0v) is 14.0. The largest absolute Gasteiger partial charge is 0.465 e. The van der Waals surface area contributed by atoms with E-state index >= 15 is 0 Å². The molecule has 27 heavy (non-hydrogen) atoms. The van der Waals surface area contributed by atoms with Crippen molar-refractivity contribution in [2.24, 2.45) is 0 Å². The smallest absolute Gasteiger partial charge is 0.416 e. The number of nitrogens with one attached hydrogen (secondary N) is 2. The van der Waals surface area contributed by atoms with Crippen LogP contribution in [0.15, 0.2) is 54.7 Å². The third kappa shape index (κ3) is 4.66. The summed E-state index contributed by atoms with van der Waals surface area (Å²) in [5, 5.41) is 10.8. The van der Waals surface area contributed by atoms with Crippen LogP contribution in [0.2, 0.25) is 0 Å². The van der Waals surface area contributed by atoms with Crippen molar-refractivity contribution >= 4 is 6.09 Å². The normalized spacial score (nSPS) is 11.4. The molecule has 0 unspecified atom stereocenters. The minimum absolute atomic E-state index is 0.259. The summed E-state index contributed by atoms with van der Waals surface area (Å²) < 4.78 is 37.9. The number of alkyl halides is 3. The fourth-order valence-electron chi connectivity index (χ4n) is 2.62. The lowest BCUT2D eigenvalue weighted by Gasteiger charge is -2.08. The number of H-pyrrole nitrogens is 1. The molecular weight excluding hydrogens is 359 g/mol. The van der Waals surface area contributed by atoms with Crippen molar-refractivity contribution in [3.63, 3.8) is 0 Å². The monoisotopic (exact) mass is 375 g/mol. The first kappa shape index (κ1) is 18.5. The lowest BCUT2D eigenvalue weighted by molar-refractivity contribution is -0.137. The third-order valence-electron chi connectivity index (χ3n) is 4.01. The molecule has 0 aliphatic rings. The number of nitrogens with zero attached hydrogens (tertiary/aromatic N) is 1. The Morgan fingerprint density at radius 1 is 1.00 bits per heavy atom. The minimum Gasteiger partial charge on any atom is -0.465 e. The molecule has 0 bridgehead atoms. The number of amides is 1. The van der Waals surface area contributed by atoms with Crippen LogP contribution in [0, 0.1) is 0 Å². The number of carbonyl (C=O) groups is 1. The van der Waals surface area contributed by atoms with Gasteiger partial charge < -0.3 is 15.4 Å². The van der Waals surface area contributed by atoms with Crippen LogP contribution in [-0.2, 0) is 12.6 Å². The van der Waals surface area contributed by atoms with E-state index in [1.165, 1.54) is 12.1 Å². The second-order valence-corrected chi connectivity index (χ2v) is 5.88. The van der Waals surface area contributed by atoms with Crippen molar-refractivity contribution < 1.29 is 23.1 Å². The maximum absolute atomic E-state index is 12.6. The number of halogens is 3. The molecule has 0 aliphatic heterocycles. The van der Waals surface area contributed by atoms with Gasteiger partial charge in [0.15, 0.2) is 0 Å². The van der Waals surface area contributed by atoms with Crippen molar-refractivity contribution in [2.45, 2.75) is 12.6 Å². The molecule has 8 heteroatoms. The summed E-state index contributed by atoms with van der Waals surface area (Å²) in [5.41, 5.74) is 2.47. The van der Waals surface area contributed by atoms with Gasteiger partial charge >= 0.3 is 12.3 Å². The second-order valence-electron chi connectivity index (χ2n) is 5.88. The van der Waals surface area contributed by atoms with Gasteiger partial charge in [-0.05, 0) is 28.8 Å². The van der Waals surface area contributed by atoms with E-state index in [9.17, 15) is 18.0 Å². The third-order valence-corrected chi connectivity index (χ3v) is 4.01. The Labute approximate surface area is 152 Å². The predicted octanol–water partition coefficient (Wildman–Crippen LogP) is 4.57. The van der Waals surface area contributed by atoms with Gasteiger partial charge in [-0.1, -0.05) is 36.4 Å². The van der Waals surface area contributed by atoms with Crippen LogP contribution in [-0.4, -0.2) is 27.7 Å². The van der Waals surface area contributed by atoms with Crippen molar-refractivity contribution in [1.29, 1.82) is 0 Å². The molecule has 1 amide bonds. The highest BCUT2D eigenvalue weighted by Crippen LogP contribution is 2.31. The number of imidazole rings is 1. The van der Waals surface area contributed by atoms with Crippen molar-refractivity contribution in [2.75, 3.05) is 6.54 Å². The van der Waals surface area contributed by atoms with E-state index < -0.39 is 17.8 Å². The maximum atomic E-state index is 12.6. The van der Waals surface area contributed by atoms with Crippen LogP contribution in [0.1, 0.15) is 11.4 Å². The number of carboxylic acid groups (broad SMARTS) is 1. The highest BCUT2D eigenvalue weighted by Gasteiger charge is 2.29. The van der Waals surface area contributed by atoms with Crippen LogP contribution in [0.3, 0.4) is 0 Å². The van der Waals surface area contributed by atoms with Crippen molar-refractivity contribution in [3.05, 3.63) is 66.1 Å². The number of rotatable bonds is 5. The molecule has 2 aromatic carbocycles. The van der Waals surface area contributed by atoms with Crippen LogP contribution < -0.4 is 5.32 Å². The Morgan fingerprint density at radius 2 is 1.56 bits per heavy atom. The standard InChI is InChI=1S/C19H16F3N3O2/c20-19(21,22)15-7-5-13(6-8-15)12-1-3-14(4-2-12)16-11-24-17(25-16)9-10-23-18(26)27/h1-8,11,23H,9-10H2,(H,24,25)(H,26,27). The SMILES string of the molecule is O=C(O)NCCc1ncc(-c2ccc(-c3ccc(C(F)(F)F)cc3)cc2)[nH]1. The van der Waals surface area contributed by atoms with Crippen LogP contribution in [0.5, 0.6) is 0 Å². The molecule has 0 aliphatic carbocycles. The van der Waals surface area contributed by atoms with Gasteiger partial charge in [0.2, 0.25) is 0 Å². The number of hydrogen-bond acceptors (Lipinski definition) is 2. The molecular formula is C19H16F3N3O2. The molecule has 0 spiro atoms. The predicted molar refractivity (Wildman–Crippen MR) is 94.2 cm³/mol. The number of hydrogen-bond donors (Lipinski definition) is 3. The molecule has 1 heterocycles. The Kier molecular flexibility index (Phi) is 5.16. The highest BCUT2D eigenvalue weighted by atomic mass is 19.4. The summed E-state index contributed by atoms with van der Waals surface area (Å²) >= 11 is 0. The molecule has 1 aromatic heterocycles. The van der Waals surface area contributed by atoms with Crippen LogP contribution >= 0.6 is 0 Å². The van der Waals surface area contributed by atoms with Crippen molar-refractivity contribution in [3.8, 4) is 22.4 Å². The minimum atomic E-state index is -4.35. The molecule has 0 saturated heterocycles. The van der Waals surface area contributed by atoms with E-state index in [1.54, 1.807) is 6.20 Å². The highest BCUT2D eigenvalue weighted by molar-refractivity contribution is 5.69. The van der Waals surface area contributed by atoms with Crippen LogP contribution in [0.4, 0.5) is 18.0 Å². The fourth-order valence-corrected chi connectivity index (χ4v) is 2.62. The Bertz CT molecular complexity index is 917. The Balaban J connectivity index is 1.70. The van der Waals surface area contributed by atoms with Crippen molar-refractivity contribution in [1.82, 2.24) is 15.3 Å². The van der Waals surface area contributed by atoms with E-state index in [-0.39, 0.29) is 6.54 Å². The van der Waals surface area contributed by atoms with E-state index in [0.717, 1.165) is 29.0 Å². The summed E-state index contributed by atoms with van der Waals surface area (Å²) in [7, 11) is 0. The molecule has 0 atom stereocenters. The first-order chi connectivity index (χ1) is 12.8. The van der Waals surface area contributed by atoms with Gasteiger partial charge in [-0.25, -0.2) is 9.78 Å². The summed E-state index contributed by atoms with van der Waals surface area (Å²) in [5.74, 6) is 0.658. The summed E-state index contributed by atoms with van der Waals surface area (Å²) in [6, 6.07) is 12.4.